The number of para-hydroxylation sites is 1. The lowest BCUT2D eigenvalue weighted by molar-refractivity contribution is 0.0946. The van der Waals surface area contributed by atoms with Crippen molar-refractivity contribution in [3.8, 4) is 5.75 Å². The lowest BCUT2D eigenvalue weighted by Crippen LogP contribution is -2.37. The van der Waals surface area contributed by atoms with Gasteiger partial charge in [-0.15, -0.1) is 12.4 Å². The van der Waals surface area contributed by atoms with E-state index < -0.39 is 0 Å². The molecule has 0 aliphatic rings. The van der Waals surface area contributed by atoms with Crippen LogP contribution in [0.15, 0.2) is 48.5 Å². The summed E-state index contributed by atoms with van der Waals surface area (Å²) < 4.78 is 5.88. The lowest BCUT2D eigenvalue weighted by atomic mass is 10.1. The summed E-state index contributed by atoms with van der Waals surface area (Å²) in [6.45, 7) is 5.09. The van der Waals surface area contributed by atoms with E-state index in [1.165, 1.54) is 5.56 Å². The number of carbonyl (C=O) groups is 1. The molecular formula is C19H25ClN2O2. The molecule has 0 saturated heterocycles. The van der Waals surface area contributed by atoms with Gasteiger partial charge in [0, 0.05) is 12.6 Å². The van der Waals surface area contributed by atoms with Gasteiger partial charge in [0.1, 0.15) is 12.4 Å². The summed E-state index contributed by atoms with van der Waals surface area (Å²) in [6.07, 6.45) is 0. The number of amides is 1. The van der Waals surface area contributed by atoms with Crippen LogP contribution < -0.4 is 15.4 Å². The number of carbonyl (C=O) groups excluding carboxylic acids is 1. The molecular weight excluding hydrogens is 324 g/mol. The van der Waals surface area contributed by atoms with Gasteiger partial charge in [0.05, 0.1) is 5.56 Å². The maximum absolute atomic E-state index is 12.3. The third kappa shape index (κ3) is 5.55. The third-order valence-corrected chi connectivity index (χ3v) is 3.84. The molecule has 130 valence electrons. The quantitative estimate of drug-likeness (QED) is 0.807. The fourth-order valence-corrected chi connectivity index (χ4v) is 2.15. The van der Waals surface area contributed by atoms with E-state index in [9.17, 15) is 4.79 Å². The van der Waals surface area contributed by atoms with Crippen molar-refractivity contribution >= 4 is 18.3 Å². The number of nitrogens with one attached hydrogen (secondary N) is 2. The predicted molar refractivity (Wildman–Crippen MR) is 100 cm³/mol. The van der Waals surface area contributed by atoms with Gasteiger partial charge in [-0.3, -0.25) is 4.79 Å². The molecule has 0 saturated carbocycles. The standard InChI is InChI=1S/C19H24N2O2.ClH/c1-14-8-4-5-9-16(14)13-23-18-11-7-6-10-17(18)19(22)21-12-15(2)20-3;/h4-11,15,20H,12-13H2,1-3H3,(H,21,22);1H. The predicted octanol–water partition coefficient (Wildman–Crippen LogP) is 3.33. The minimum Gasteiger partial charge on any atom is -0.488 e. The summed E-state index contributed by atoms with van der Waals surface area (Å²) in [7, 11) is 1.87. The zero-order valence-corrected chi connectivity index (χ0v) is 15.2. The van der Waals surface area contributed by atoms with Gasteiger partial charge in [-0.2, -0.15) is 0 Å². The molecule has 0 radical (unpaired) electrons. The van der Waals surface area contributed by atoms with Crippen LogP contribution >= 0.6 is 12.4 Å². The molecule has 1 amide bonds. The van der Waals surface area contributed by atoms with Crippen LogP contribution in [-0.4, -0.2) is 25.5 Å². The second-order valence-electron chi connectivity index (χ2n) is 5.61. The van der Waals surface area contributed by atoms with Gasteiger partial charge in [0.2, 0.25) is 0 Å². The molecule has 0 fully saturated rings. The van der Waals surface area contributed by atoms with E-state index in [2.05, 4.69) is 23.6 Å². The largest absolute Gasteiger partial charge is 0.488 e. The fourth-order valence-electron chi connectivity index (χ4n) is 2.15. The van der Waals surface area contributed by atoms with Crippen molar-refractivity contribution in [3.63, 3.8) is 0 Å². The van der Waals surface area contributed by atoms with Gasteiger partial charge < -0.3 is 15.4 Å². The Hall–Kier alpha value is -2.04. The van der Waals surface area contributed by atoms with Gasteiger partial charge in [0.15, 0.2) is 0 Å². The Balaban J connectivity index is 0.00000288. The highest BCUT2D eigenvalue weighted by atomic mass is 35.5. The van der Waals surface area contributed by atoms with Crippen LogP contribution in [0.1, 0.15) is 28.4 Å². The van der Waals surface area contributed by atoms with Crippen molar-refractivity contribution < 1.29 is 9.53 Å². The Bertz CT molecular complexity index is 661. The second-order valence-corrected chi connectivity index (χ2v) is 5.61. The van der Waals surface area contributed by atoms with Crippen LogP contribution in [0.2, 0.25) is 0 Å². The summed E-state index contributed by atoms with van der Waals surface area (Å²) in [5.41, 5.74) is 2.85. The van der Waals surface area contributed by atoms with Gasteiger partial charge in [-0.25, -0.2) is 0 Å². The lowest BCUT2D eigenvalue weighted by Gasteiger charge is -2.14. The van der Waals surface area contributed by atoms with E-state index in [1.807, 2.05) is 50.4 Å². The minimum atomic E-state index is -0.118. The van der Waals surface area contributed by atoms with Crippen LogP contribution in [0.25, 0.3) is 0 Å². The molecule has 2 aromatic rings. The molecule has 0 bridgehead atoms. The van der Waals surface area contributed by atoms with Crippen molar-refractivity contribution in [1.29, 1.82) is 0 Å². The average molecular weight is 349 g/mol. The van der Waals surface area contributed by atoms with E-state index >= 15 is 0 Å². The zero-order valence-electron chi connectivity index (χ0n) is 14.3. The topological polar surface area (TPSA) is 50.4 Å². The number of aryl methyl sites for hydroxylation is 1. The van der Waals surface area contributed by atoms with Crippen molar-refractivity contribution in [2.75, 3.05) is 13.6 Å². The maximum Gasteiger partial charge on any atom is 0.255 e. The van der Waals surface area contributed by atoms with Crippen LogP contribution in [0, 0.1) is 6.92 Å². The van der Waals surface area contributed by atoms with Crippen molar-refractivity contribution in [1.82, 2.24) is 10.6 Å². The Labute approximate surface area is 150 Å². The van der Waals surface area contributed by atoms with Gasteiger partial charge in [-0.1, -0.05) is 36.4 Å². The first kappa shape index (κ1) is 20.0. The number of likely N-dealkylation sites (N-methyl/N-ethyl adjacent to an activating group) is 1. The normalized spacial score (nSPS) is 11.3. The third-order valence-electron chi connectivity index (χ3n) is 3.84. The number of hydrogen-bond acceptors (Lipinski definition) is 3. The molecule has 2 aromatic carbocycles. The average Bonchev–Trinajstić information content (AvgIpc) is 2.59. The molecule has 0 spiro atoms. The molecule has 24 heavy (non-hydrogen) atoms. The molecule has 0 heterocycles. The van der Waals surface area contributed by atoms with Crippen LogP contribution in [0.4, 0.5) is 0 Å². The fraction of sp³-hybridized carbons (Fsp3) is 0.316. The van der Waals surface area contributed by atoms with Gasteiger partial charge in [-0.05, 0) is 44.2 Å². The number of hydrogen-bond donors (Lipinski definition) is 2. The zero-order chi connectivity index (χ0) is 16.7. The van der Waals surface area contributed by atoms with Crippen LogP contribution in [0.3, 0.4) is 0 Å². The molecule has 1 atom stereocenters. The summed E-state index contributed by atoms with van der Waals surface area (Å²) in [4.78, 5) is 12.3. The number of benzene rings is 2. The van der Waals surface area contributed by atoms with Crippen molar-refractivity contribution in [2.45, 2.75) is 26.5 Å². The number of halogens is 1. The summed E-state index contributed by atoms with van der Waals surface area (Å²) in [6, 6.07) is 15.6. The van der Waals surface area contributed by atoms with E-state index in [1.54, 1.807) is 6.07 Å². The van der Waals surface area contributed by atoms with E-state index in [-0.39, 0.29) is 24.4 Å². The van der Waals surface area contributed by atoms with Crippen molar-refractivity contribution in [3.05, 3.63) is 65.2 Å². The monoisotopic (exact) mass is 348 g/mol. The summed E-state index contributed by atoms with van der Waals surface area (Å²) >= 11 is 0. The SMILES string of the molecule is CNC(C)CNC(=O)c1ccccc1OCc1ccccc1C.Cl. The van der Waals surface area contributed by atoms with Crippen LogP contribution in [0.5, 0.6) is 5.75 Å². The Kier molecular flexibility index (Phi) is 8.30. The number of ether oxygens (including phenoxy) is 1. The summed E-state index contributed by atoms with van der Waals surface area (Å²) in [5.74, 6) is 0.484. The Morgan fingerprint density at radius 3 is 2.50 bits per heavy atom. The highest BCUT2D eigenvalue weighted by molar-refractivity contribution is 5.96. The second kappa shape index (κ2) is 9.96. The maximum atomic E-state index is 12.3. The molecule has 0 aliphatic heterocycles. The first-order valence-electron chi connectivity index (χ1n) is 7.83. The highest BCUT2D eigenvalue weighted by Gasteiger charge is 2.13. The van der Waals surface area contributed by atoms with Crippen LogP contribution in [-0.2, 0) is 6.61 Å². The first-order chi connectivity index (χ1) is 11.1. The molecule has 0 aromatic heterocycles. The molecule has 5 heteroatoms. The van der Waals surface area contributed by atoms with Gasteiger partial charge in [0.25, 0.3) is 5.91 Å². The molecule has 2 rings (SSSR count). The Morgan fingerprint density at radius 1 is 1.12 bits per heavy atom. The van der Waals surface area contributed by atoms with Crippen molar-refractivity contribution in [2.24, 2.45) is 0 Å². The highest BCUT2D eigenvalue weighted by Crippen LogP contribution is 2.20. The van der Waals surface area contributed by atoms with E-state index in [4.69, 9.17) is 4.74 Å². The van der Waals surface area contributed by atoms with E-state index in [0.29, 0.717) is 24.5 Å². The molecule has 1 unspecified atom stereocenters. The molecule has 0 aliphatic carbocycles. The summed E-state index contributed by atoms with van der Waals surface area (Å²) in [5, 5.41) is 6.01. The first-order valence-corrected chi connectivity index (χ1v) is 7.83. The molecule has 2 N–H and O–H groups in total. The number of rotatable bonds is 7. The minimum absolute atomic E-state index is 0. The molecule has 4 nitrogen and oxygen atoms in total. The van der Waals surface area contributed by atoms with E-state index in [0.717, 1.165) is 5.56 Å². The smallest absolute Gasteiger partial charge is 0.255 e. The van der Waals surface area contributed by atoms with Gasteiger partial charge >= 0.3 is 0 Å². The Morgan fingerprint density at radius 2 is 1.79 bits per heavy atom.